The van der Waals surface area contributed by atoms with Gasteiger partial charge in [-0.1, -0.05) is 0 Å². The van der Waals surface area contributed by atoms with E-state index in [-0.39, 0.29) is 17.4 Å². The molecule has 0 saturated carbocycles. The quantitative estimate of drug-likeness (QED) is 0.674. The first-order valence-corrected chi connectivity index (χ1v) is 6.64. The molecular weight excluding hydrogens is 271 g/mol. The van der Waals surface area contributed by atoms with Crippen LogP contribution in [0.4, 0.5) is 4.39 Å². The standard InChI is InChI=1S/C17H13FO3/c1-2-20-14-6-3-11(4-7-14)17(19)16-10-12-9-13(18)5-8-15(12)21-16/h3-10H,2H2,1H3. The number of rotatable bonds is 4. The van der Waals surface area contributed by atoms with E-state index in [9.17, 15) is 9.18 Å². The number of furan rings is 1. The molecule has 106 valence electrons. The molecule has 0 aliphatic heterocycles. The van der Waals surface area contributed by atoms with Gasteiger partial charge in [-0.05, 0) is 55.5 Å². The van der Waals surface area contributed by atoms with E-state index in [1.54, 1.807) is 30.3 Å². The van der Waals surface area contributed by atoms with Crippen LogP contribution in [0.2, 0.25) is 0 Å². The smallest absolute Gasteiger partial charge is 0.228 e. The maximum absolute atomic E-state index is 13.1. The number of halogens is 1. The number of ether oxygens (including phenoxy) is 1. The van der Waals surface area contributed by atoms with Crippen LogP contribution in [0.15, 0.2) is 52.9 Å². The van der Waals surface area contributed by atoms with E-state index in [2.05, 4.69) is 0 Å². The minimum absolute atomic E-state index is 0.194. The molecule has 0 saturated heterocycles. The van der Waals surface area contributed by atoms with Crippen molar-refractivity contribution in [1.82, 2.24) is 0 Å². The lowest BCUT2D eigenvalue weighted by molar-refractivity contribution is 0.101. The molecule has 0 amide bonds. The van der Waals surface area contributed by atoms with Crippen molar-refractivity contribution >= 4 is 16.8 Å². The van der Waals surface area contributed by atoms with Gasteiger partial charge < -0.3 is 9.15 Å². The van der Waals surface area contributed by atoms with Crippen molar-refractivity contribution < 1.29 is 18.3 Å². The molecule has 3 rings (SSSR count). The van der Waals surface area contributed by atoms with Gasteiger partial charge >= 0.3 is 0 Å². The van der Waals surface area contributed by atoms with Crippen LogP contribution in [0.1, 0.15) is 23.0 Å². The van der Waals surface area contributed by atoms with Crippen molar-refractivity contribution in [1.29, 1.82) is 0 Å². The van der Waals surface area contributed by atoms with Crippen LogP contribution in [0.3, 0.4) is 0 Å². The van der Waals surface area contributed by atoms with Gasteiger partial charge in [0.2, 0.25) is 5.78 Å². The number of fused-ring (bicyclic) bond motifs is 1. The molecule has 0 radical (unpaired) electrons. The highest BCUT2D eigenvalue weighted by atomic mass is 19.1. The van der Waals surface area contributed by atoms with Crippen molar-refractivity contribution in [2.45, 2.75) is 6.92 Å². The second-order valence-corrected chi connectivity index (χ2v) is 4.58. The largest absolute Gasteiger partial charge is 0.494 e. The fourth-order valence-electron chi connectivity index (χ4n) is 2.14. The predicted molar refractivity (Wildman–Crippen MR) is 77.2 cm³/mol. The summed E-state index contributed by atoms with van der Waals surface area (Å²) in [4.78, 5) is 12.3. The average molecular weight is 284 g/mol. The summed E-state index contributed by atoms with van der Waals surface area (Å²) in [6.07, 6.45) is 0. The third-order valence-electron chi connectivity index (χ3n) is 3.13. The summed E-state index contributed by atoms with van der Waals surface area (Å²) in [6.45, 7) is 2.47. The van der Waals surface area contributed by atoms with Crippen LogP contribution >= 0.6 is 0 Å². The lowest BCUT2D eigenvalue weighted by atomic mass is 10.1. The van der Waals surface area contributed by atoms with E-state index < -0.39 is 0 Å². The Labute approximate surface area is 120 Å². The Morgan fingerprint density at radius 1 is 1.14 bits per heavy atom. The van der Waals surface area contributed by atoms with Gasteiger partial charge in [-0.3, -0.25) is 4.79 Å². The molecule has 4 heteroatoms. The molecule has 0 unspecified atom stereocenters. The molecule has 0 aliphatic carbocycles. The molecule has 1 aromatic heterocycles. The second-order valence-electron chi connectivity index (χ2n) is 4.58. The molecule has 3 nitrogen and oxygen atoms in total. The van der Waals surface area contributed by atoms with E-state index in [1.807, 2.05) is 6.92 Å². The summed E-state index contributed by atoms with van der Waals surface area (Å²) in [7, 11) is 0. The molecule has 21 heavy (non-hydrogen) atoms. The van der Waals surface area contributed by atoms with E-state index in [4.69, 9.17) is 9.15 Å². The monoisotopic (exact) mass is 284 g/mol. The first kappa shape index (κ1) is 13.4. The lowest BCUT2D eigenvalue weighted by Crippen LogP contribution is -1.99. The highest BCUT2D eigenvalue weighted by Gasteiger charge is 2.15. The second kappa shape index (κ2) is 5.40. The van der Waals surface area contributed by atoms with E-state index in [0.717, 1.165) is 0 Å². The van der Waals surface area contributed by atoms with E-state index >= 15 is 0 Å². The molecule has 0 bridgehead atoms. The molecule has 0 fully saturated rings. The maximum Gasteiger partial charge on any atom is 0.228 e. The fourth-order valence-corrected chi connectivity index (χ4v) is 2.14. The molecule has 0 spiro atoms. The minimum atomic E-state index is -0.358. The first-order valence-electron chi connectivity index (χ1n) is 6.64. The number of hydrogen-bond acceptors (Lipinski definition) is 3. The van der Waals surface area contributed by atoms with E-state index in [0.29, 0.717) is 28.9 Å². The van der Waals surface area contributed by atoms with Crippen LogP contribution in [0.25, 0.3) is 11.0 Å². The Morgan fingerprint density at radius 2 is 1.90 bits per heavy atom. The SMILES string of the molecule is CCOc1ccc(C(=O)c2cc3cc(F)ccc3o2)cc1. The molecule has 0 atom stereocenters. The van der Waals surface area contributed by atoms with Crippen molar-refractivity contribution in [3.63, 3.8) is 0 Å². The summed E-state index contributed by atoms with van der Waals surface area (Å²) >= 11 is 0. The number of benzene rings is 2. The molecule has 0 aliphatic rings. The zero-order valence-corrected chi connectivity index (χ0v) is 11.4. The summed E-state index contributed by atoms with van der Waals surface area (Å²) in [5.74, 6) is 0.304. The third kappa shape index (κ3) is 2.65. The van der Waals surface area contributed by atoms with Gasteiger partial charge in [0, 0.05) is 10.9 Å². The summed E-state index contributed by atoms with van der Waals surface area (Å²) in [5, 5.41) is 0.573. The number of ketones is 1. The molecule has 3 aromatic rings. The highest BCUT2D eigenvalue weighted by molar-refractivity contribution is 6.09. The third-order valence-corrected chi connectivity index (χ3v) is 3.13. The van der Waals surface area contributed by atoms with Gasteiger partial charge in [-0.15, -0.1) is 0 Å². The van der Waals surface area contributed by atoms with Crippen molar-refractivity contribution in [2.24, 2.45) is 0 Å². The van der Waals surface area contributed by atoms with Crippen LogP contribution in [0, 0.1) is 5.82 Å². The molecule has 1 heterocycles. The van der Waals surface area contributed by atoms with Crippen LogP contribution < -0.4 is 4.74 Å². The molecule has 2 aromatic carbocycles. The number of carbonyl (C=O) groups excluding carboxylic acids is 1. The van der Waals surface area contributed by atoms with Crippen molar-refractivity contribution in [3.8, 4) is 5.75 Å². The van der Waals surface area contributed by atoms with Crippen LogP contribution in [-0.2, 0) is 0 Å². The average Bonchev–Trinajstić information content (AvgIpc) is 2.90. The Hall–Kier alpha value is -2.62. The Bertz CT molecular complexity index is 787. The lowest BCUT2D eigenvalue weighted by Gasteiger charge is -2.03. The Kier molecular flexibility index (Phi) is 3.44. The maximum atomic E-state index is 13.1. The predicted octanol–water partition coefficient (Wildman–Crippen LogP) is 4.20. The summed E-state index contributed by atoms with van der Waals surface area (Å²) in [6, 6.07) is 12.5. The Balaban J connectivity index is 1.92. The van der Waals surface area contributed by atoms with Gasteiger partial charge in [-0.25, -0.2) is 4.39 Å². The van der Waals surface area contributed by atoms with Gasteiger partial charge in [0.25, 0.3) is 0 Å². The summed E-state index contributed by atoms with van der Waals surface area (Å²) < 4.78 is 23.9. The normalized spacial score (nSPS) is 10.8. The number of hydrogen-bond donors (Lipinski definition) is 0. The van der Waals surface area contributed by atoms with Gasteiger partial charge in [0.15, 0.2) is 5.76 Å². The van der Waals surface area contributed by atoms with Gasteiger partial charge in [0.1, 0.15) is 17.1 Å². The van der Waals surface area contributed by atoms with Gasteiger partial charge in [0.05, 0.1) is 6.61 Å². The number of carbonyl (C=O) groups is 1. The zero-order chi connectivity index (χ0) is 14.8. The summed E-state index contributed by atoms with van der Waals surface area (Å²) in [5.41, 5.74) is 0.990. The van der Waals surface area contributed by atoms with Crippen molar-refractivity contribution in [3.05, 3.63) is 65.7 Å². The first-order chi connectivity index (χ1) is 10.2. The topological polar surface area (TPSA) is 39.4 Å². The molecule has 0 N–H and O–H groups in total. The van der Waals surface area contributed by atoms with E-state index in [1.165, 1.54) is 18.2 Å². The highest BCUT2D eigenvalue weighted by Crippen LogP contribution is 2.23. The minimum Gasteiger partial charge on any atom is -0.494 e. The zero-order valence-electron chi connectivity index (χ0n) is 11.4. The van der Waals surface area contributed by atoms with Crippen molar-refractivity contribution in [2.75, 3.05) is 6.61 Å². The van der Waals surface area contributed by atoms with Crippen LogP contribution in [0.5, 0.6) is 5.75 Å². The fraction of sp³-hybridized carbons (Fsp3) is 0.118. The Morgan fingerprint density at radius 3 is 2.62 bits per heavy atom. The van der Waals surface area contributed by atoms with Crippen LogP contribution in [-0.4, -0.2) is 12.4 Å². The molecular formula is C17H13FO3. The van der Waals surface area contributed by atoms with Gasteiger partial charge in [-0.2, -0.15) is 0 Å².